The summed E-state index contributed by atoms with van der Waals surface area (Å²) in [5, 5.41) is 12.1. The van der Waals surface area contributed by atoms with Gasteiger partial charge in [-0.25, -0.2) is 4.98 Å². The highest BCUT2D eigenvalue weighted by Gasteiger charge is 2.28. The van der Waals surface area contributed by atoms with Gasteiger partial charge in [-0.15, -0.1) is 0 Å². The smallest absolute Gasteiger partial charge is 0.246 e. The van der Waals surface area contributed by atoms with Crippen molar-refractivity contribution < 1.29 is 9.53 Å². The SMILES string of the molecule is N#Cc1cnc(NCC2CCC(C(N)=O)O2)c(Cl)c1. The maximum absolute atomic E-state index is 11.0. The molecule has 6 nitrogen and oxygen atoms in total. The van der Waals surface area contributed by atoms with E-state index in [1.807, 2.05) is 6.07 Å². The van der Waals surface area contributed by atoms with Gasteiger partial charge in [0.25, 0.3) is 0 Å². The van der Waals surface area contributed by atoms with Crippen LogP contribution in [-0.2, 0) is 9.53 Å². The number of nitriles is 1. The number of pyridine rings is 1. The van der Waals surface area contributed by atoms with Gasteiger partial charge in [0.1, 0.15) is 18.0 Å². The van der Waals surface area contributed by atoms with Crippen LogP contribution in [0.15, 0.2) is 12.3 Å². The van der Waals surface area contributed by atoms with E-state index < -0.39 is 12.0 Å². The molecule has 2 unspecified atom stereocenters. The van der Waals surface area contributed by atoms with E-state index in [0.29, 0.717) is 29.4 Å². The molecule has 1 aliphatic rings. The molecule has 19 heavy (non-hydrogen) atoms. The quantitative estimate of drug-likeness (QED) is 0.858. The first-order chi connectivity index (χ1) is 9.10. The molecule has 1 aromatic heterocycles. The van der Waals surface area contributed by atoms with E-state index in [1.54, 1.807) is 6.07 Å². The van der Waals surface area contributed by atoms with E-state index >= 15 is 0 Å². The van der Waals surface area contributed by atoms with E-state index in [-0.39, 0.29) is 6.10 Å². The number of nitrogens with zero attached hydrogens (tertiary/aromatic N) is 2. The van der Waals surface area contributed by atoms with Crippen molar-refractivity contribution in [2.75, 3.05) is 11.9 Å². The summed E-state index contributed by atoms with van der Waals surface area (Å²) in [6, 6.07) is 3.50. The zero-order chi connectivity index (χ0) is 13.8. The van der Waals surface area contributed by atoms with Gasteiger partial charge >= 0.3 is 0 Å². The Morgan fingerprint density at radius 1 is 1.68 bits per heavy atom. The Bertz CT molecular complexity index is 529. The molecule has 0 bridgehead atoms. The molecule has 1 aromatic rings. The third-order valence-electron chi connectivity index (χ3n) is 2.89. The summed E-state index contributed by atoms with van der Waals surface area (Å²) >= 11 is 5.98. The number of carbonyl (C=O) groups is 1. The van der Waals surface area contributed by atoms with Crippen LogP contribution in [0.1, 0.15) is 18.4 Å². The number of hydrogen-bond donors (Lipinski definition) is 2. The van der Waals surface area contributed by atoms with Crippen LogP contribution >= 0.6 is 11.6 Å². The molecule has 7 heteroatoms. The summed E-state index contributed by atoms with van der Waals surface area (Å²) in [5.41, 5.74) is 5.58. The minimum Gasteiger partial charge on any atom is -0.367 e. The number of halogens is 1. The van der Waals surface area contributed by atoms with Gasteiger partial charge in [0.05, 0.1) is 16.7 Å². The van der Waals surface area contributed by atoms with Crippen LogP contribution in [0.4, 0.5) is 5.82 Å². The van der Waals surface area contributed by atoms with Crippen LogP contribution in [0, 0.1) is 11.3 Å². The number of primary amides is 1. The highest BCUT2D eigenvalue weighted by atomic mass is 35.5. The molecule has 0 saturated carbocycles. The summed E-state index contributed by atoms with van der Waals surface area (Å²) < 4.78 is 5.47. The van der Waals surface area contributed by atoms with Gasteiger partial charge in [-0.3, -0.25) is 4.79 Å². The molecule has 1 aliphatic heterocycles. The molecule has 0 radical (unpaired) electrons. The Labute approximate surface area is 115 Å². The van der Waals surface area contributed by atoms with Gasteiger partial charge < -0.3 is 15.8 Å². The van der Waals surface area contributed by atoms with Crippen LogP contribution in [0.2, 0.25) is 5.02 Å². The Kier molecular flexibility index (Phi) is 4.20. The molecular formula is C12H13ClN4O2. The molecule has 2 rings (SSSR count). The first-order valence-electron chi connectivity index (χ1n) is 5.84. The van der Waals surface area contributed by atoms with Crippen LogP contribution in [0.5, 0.6) is 0 Å². The lowest BCUT2D eigenvalue weighted by atomic mass is 10.2. The zero-order valence-corrected chi connectivity index (χ0v) is 10.9. The van der Waals surface area contributed by atoms with Gasteiger partial charge in [0, 0.05) is 12.7 Å². The van der Waals surface area contributed by atoms with Crippen molar-refractivity contribution in [1.82, 2.24) is 4.98 Å². The molecule has 2 heterocycles. The maximum atomic E-state index is 11.0. The highest BCUT2D eigenvalue weighted by Crippen LogP contribution is 2.23. The Morgan fingerprint density at radius 2 is 2.47 bits per heavy atom. The average molecular weight is 281 g/mol. The topological polar surface area (TPSA) is 101 Å². The predicted molar refractivity (Wildman–Crippen MR) is 69.5 cm³/mol. The lowest BCUT2D eigenvalue weighted by molar-refractivity contribution is -0.128. The molecule has 2 atom stereocenters. The fourth-order valence-electron chi connectivity index (χ4n) is 1.90. The fraction of sp³-hybridized carbons (Fsp3) is 0.417. The molecule has 1 fully saturated rings. The summed E-state index contributed by atoms with van der Waals surface area (Å²) in [6.07, 6.45) is 2.24. The standard InChI is InChI=1S/C12H13ClN4O2/c13-9-3-7(4-14)5-16-12(9)17-6-8-1-2-10(19-8)11(15)18/h3,5,8,10H,1-2,6H2,(H2,15,18)(H,16,17). The third kappa shape index (κ3) is 3.34. The molecule has 0 aromatic carbocycles. The van der Waals surface area contributed by atoms with Gasteiger partial charge in [0.2, 0.25) is 5.91 Å². The Balaban J connectivity index is 1.90. The van der Waals surface area contributed by atoms with Gasteiger partial charge in [0.15, 0.2) is 0 Å². The fourth-order valence-corrected chi connectivity index (χ4v) is 2.14. The number of amides is 1. The zero-order valence-electron chi connectivity index (χ0n) is 10.1. The lowest BCUT2D eigenvalue weighted by Crippen LogP contribution is -2.30. The molecule has 100 valence electrons. The Morgan fingerprint density at radius 3 is 3.05 bits per heavy atom. The van der Waals surface area contributed by atoms with E-state index in [0.717, 1.165) is 6.42 Å². The van der Waals surface area contributed by atoms with Crippen LogP contribution in [0.25, 0.3) is 0 Å². The number of carbonyl (C=O) groups excluding carboxylic acids is 1. The van der Waals surface area contributed by atoms with Gasteiger partial charge in [-0.2, -0.15) is 5.26 Å². The van der Waals surface area contributed by atoms with Gasteiger partial charge in [-0.1, -0.05) is 11.6 Å². The normalized spacial score (nSPS) is 21.9. The molecular weight excluding hydrogens is 268 g/mol. The number of nitrogens with two attached hydrogens (primary N) is 1. The monoisotopic (exact) mass is 280 g/mol. The number of nitrogens with one attached hydrogen (secondary N) is 1. The highest BCUT2D eigenvalue weighted by molar-refractivity contribution is 6.33. The third-order valence-corrected chi connectivity index (χ3v) is 3.18. The largest absolute Gasteiger partial charge is 0.367 e. The van der Waals surface area contributed by atoms with E-state index in [1.165, 1.54) is 6.20 Å². The maximum Gasteiger partial charge on any atom is 0.246 e. The molecule has 1 saturated heterocycles. The van der Waals surface area contributed by atoms with Crippen molar-refractivity contribution >= 4 is 23.3 Å². The first kappa shape index (κ1) is 13.6. The summed E-state index contributed by atoms with van der Waals surface area (Å²) in [7, 11) is 0. The summed E-state index contributed by atoms with van der Waals surface area (Å²) in [6.45, 7) is 0.488. The molecule has 0 spiro atoms. The van der Waals surface area contributed by atoms with Crippen molar-refractivity contribution in [1.29, 1.82) is 5.26 Å². The molecule has 1 amide bonds. The summed E-state index contributed by atoms with van der Waals surface area (Å²) in [5.74, 6) is 0.0591. The summed E-state index contributed by atoms with van der Waals surface area (Å²) in [4.78, 5) is 15.0. The first-order valence-corrected chi connectivity index (χ1v) is 6.22. The van der Waals surface area contributed by atoms with Crippen molar-refractivity contribution in [3.8, 4) is 6.07 Å². The lowest BCUT2D eigenvalue weighted by Gasteiger charge is -2.13. The van der Waals surface area contributed by atoms with Crippen molar-refractivity contribution in [2.45, 2.75) is 25.0 Å². The van der Waals surface area contributed by atoms with Crippen molar-refractivity contribution in [3.63, 3.8) is 0 Å². The van der Waals surface area contributed by atoms with Crippen molar-refractivity contribution in [3.05, 3.63) is 22.8 Å². The van der Waals surface area contributed by atoms with Gasteiger partial charge in [-0.05, 0) is 18.9 Å². The number of anilines is 1. The number of aromatic nitrogens is 1. The van der Waals surface area contributed by atoms with Crippen molar-refractivity contribution in [2.24, 2.45) is 5.73 Å². The number of hydrogen-bond acceptors (Lipinski definition) is 5. The second-order valence-electron chi connectivity index (χ2n) is 4.27. The van der Waals surface area contributed by atoms with Crippen LogP contribution < -0.4 is 11.1 Å². The number of rotatable bonds is 4. The van der Waals surface area contributed by atoms with Crippen LogP contribution in [0.3, 0.4) is 0 Å². The average Bonchev–Trinajstić information content (AvgIpc) is 2.86. The molecule has 3 N–H and O–H groups in total. The second-order valence-corrected chi connectivity index (χ2v) is 4.68. The second kappa shape index (κ2) is 5.87. The minimum absolute atomic E-state index is 0.0917. The minimum atomic E-state index is -0.504. The molecule has 0 aliphatic carbocycles. The van der Waals surface area contributed by atoms with E-state index in [9.17, 15) is 4.79 Å². The number of ether oxygens (including phenoxy) is 1. The predicted octanol–water partition coefficient (Wildman–Crippen LogP) is 1.05. The van der Waals surface area contributed by atoms with E-state index in [4.69, 9.17) is 27.3 Å². The van der Waals surface area contributed by atoms with E-state index in [2.05, 4.69) is 10.3 Å². The van der Waals surface area contributed by atoms with Crippen LogP contribution in [-0.4, -0.2) is 29.6 Å². The Hall–Kier alpha value is -1.84.